The largest absolute Gasteiger partial charge is 0.496 e. The highest BCUT2D eigenvalue weighted by Gasteiger charge is 2.26. The summed E-state index contributed by atoms with van der Waals surface area (Å²) in [6, 6.07) is 10.2. The first-order chi connectivity index (χ1) is 13.7. The van der Waals surface area contributed by atoms with E-state index in [0.717, 1.165) is 14.3 Å². The van der Waals surface area contributed by atoms with Crippen LogP contribution in [-0.4, -0.2) is 52.7 Å². The molecular weight excluding hydrogens is 462 g/mol. The maximum atomic E-state index is 12.8. The van der Waals surface area contributed by atoms with Crippen molar-refractivity contribution in [2.45, 2.75) is 11.8 Å². The summed E-state index contributed by atoms with van der Waals surface area (Å²) in [4.78, 5) is 12.2. The molecule has 0 atom stereocenters. The molecule has 0 radical (unpaired) electrons. The number of carbonyl (C=O) groups excluding carboxylic acids is 1. The molecule has 1 amide bonds. The Hall–Kier alpha value is -2.43. The van der Waals surface area contributed by atoms with Crippen molar-refractivity contribution in [3.63, 3.8) is 0 Å². The van der Waals surface area contributed by atoms with Crippen LogP contribution < -0.4 is 14.9 Å². The number of aryl methyl sites for hydroxylation is 1. The van der Waals surface area contributed by atoms with Crippen molar-refractivity contribution in [3.05, 3.63) is 52.0 Å². The van der Waals surface area contributed by atoms with E-state index in [2.05, 4.69) is 26.5 Å². The number of rotatable bonds is 8. The van der Waals surface area contributed by atoms with Crippen LogP contribution in [0, 0.1) is 6.92 Å². The molecule has 0 heterocycles. The number of carbonyl (C=O) groups is 1. The third-order valence-corrected chi connectivity index (χ3v) is 6.28. The van der Waals surface area contributed by atoms with Gasteiger partial charge in [-0.25, -0.2) is 13.8 Å². The van der Waals surface area contributed by atoms with Crippen LogP contribution in [0.15, 0.2) is 50.9 Å². The van der Waals surface area contributed by atoms with Gasteiger partial charge in [-0.1, -0.05) is 22.0 Å². The lowest BCUT2D eigenvalue weighted by molar-refractivity contribution is -0.121. The number of benzene rings is 2. The van der Waals surface area contributed by atoms with Gasteiger partial charge in [-0.3, -0.25) is 4.79 Å². The van der Waals surface area contributed by atoms with E-state index in [1.807, 2.05) is 6.07 Å². The molecule has 0 aliphatic carbocycles. The van der Waals surface area contributed by atoms with Crippen molar-refractivity contribution in [3.8, 4) is 11.5 Å². The second-order valence-electron chi connectivity index (χ2n) is 6.09. The van der Waals surface area contributed by atoms with Crippen LogP contribution in [0.1, 0.15) is 11.1 Å². The van der Waals surface area contributed by atoms with Crippen LogP contribution in [0.2, 0.25) is 0 Å². The fraction of sp³-hybridized carbons (Fsp3) is 0.263. The molecule has 2 aromatic carbocycles. The Morgan fingerprint density at radius 1 is 1.17 bits per heavy atom. The number of nitrogens with one attached hydrogen (secondary N) is 1. The van der Waals surface area contributed by atoms with E-state index in [0.29, 0.717) is 11.3 Å². The minimum atomic E-state index is -3.92. The summed E-state index contributed by atoms with van der Waals surface area (Å²) in [5, 5.41) is 3.88. The molecule has 29 heavy (non-hydrogen) atoms. The number of ether oxygens (including phenoxy) is 2. The molecule has 0 saturated heterocycles. The number of hydrogen-bond acceptors (Lipinski definition) is 6. The quantitative estimate of drug-likeness (QED) is 0.459. The highest BCUT2D eigenvalue weighted by molar-refractivity contribution is 9.10. The molecule has 0 aliphatic rings. The first-order valence-electron chi connectivity index (χ1n) is 8.45. The average molecular weight is 484 g/mol. The summed E-state index contributed by atoms with van der Waals surface area (Å²) >= 11 is 3.35. The third kappa shape index (κ3) is 5.78. The first-order valence-corrected chi connectivity index (χ1v) is 10.7. The van der Waals surface area contributed by atoms with E-state index in [1.165, 1.54) is 33.5 Å². The number of amides is 1. The summed E-state index contributed by atoms with van der Waals surface area (Å²) in [6.07, 6.45) is 1.42. The molecule has 0 aliphatic heterocycles. The molecule has 0 unspecified atom stereocenters. The summed E-state index contributed by atoms with van der Waals surface area (Å²) < 4.78 is 37.8. The molecule has 2 aromatic rings. The van der Waals surface area contributed by atoms with Crippen molar-refractivity contribution < 1.29 is 22.7 Å². The minimum Gasteiger partial charge on any atom is -0.496 e. The molecule has 0 spiro atoms. The zero-order chi connectivity index (χ0) is 21.6. The van der Waals surface area contributed by atoms with Crippen LogP contribution in [0.25, 0.3) is 0 Å². The van der Waals surface area contributed by atoms with Gasteiger partial charge in [0.05, 0.1) is 27.0 Å². The van der Waals surface area contributed by atoms with E-state index < -0.39 is 22.5 Å². The minimum absolute atomic E-state index is 0.00215. The zero-order valence-corrected chi connectivity index (χ0v) is 18.9. The number of halogens is 1. The van der Waals surface area contributed by atoms with E-state index in [1.54, 1.807) is 31.2 Å². The highest BCUT2D eigenvalue weighted by Crippen LogP contribution is 2.27. The zero-order valence-electron chi connectivity index (χ0n) is 16.5. The van der Waals surface area contributed by atoms with Gasteiger partial charge in [0.15, 0.2) is 0 Å². The molecule has 10 heteroatoms. The normalized spacial score (nSPS) is 11.7. The summed E-state index contributed by atoms with van der Waals surface area (Å²) in [6.45, 7) is 1.36. The Balaban J connectivity index is 2.09. The van der Waals surface area contributed by atoms with E-state index in [4.69, 9.17) is 9.47 Å². The molecule has 2 rings (SSSR count). The second-order valence-corrected chi connectivity index (χ2v) is 9.02. The monoisotopic (exact) mass is 483 g/mol. The van der Waals surface area contributed by atoms with Crippen molar-refractivity contribution in [1.82, 2.24) is 9.73 Å². The van der Waals surface area contributed by atoms with Crippen LogP contribution >= 0.6 is 15.9 Å². The Labute approximate surface area is 178 Å². The predicted molar refractivity (Wildman–Crippen MR) is 114 cm³/mol. The van der Waals surface area contributed by atoms with E-state index >= 15 is 0 Å². The Morgan fingerprint density at radius 2 is 1.83 bits per heavy atom. The van der Waals surface area contributed by atoms with Gasteiger partial charge in [0, 0.05) is 17.1 Å². The fourth-order valence-corrected chi connectivity index (χ4v) is 4.20. The Bertz CT molecular complexity index is 1020. The van der Waals surface area contributed by atoms with Crippen molar-refractivity contribution in [2.75, 3.05) is 27.8 Å². The topological polar surface area (TPSA) is 97.3 Å². The number of sulfonamides is 1. The lowest BCUT2D eigenvalue weighted by Crippen LogP contribution is -2.36. The highest BCUT2D eigenvalue weighted by atomic mass is 79.9. The number of methoxy groups -OCH3 is 2. The van der Waals surface area contributed by atoms with Gasteiger partial charge in [-0.2, -0.15) is 9.41 Å². The maximum absolute atomic E-state index is 12.8. The number of likely N-dealkylation sites (N-methyl/N-ethyl adjacent to an activating group) is 1. The molecule has 0 aromatic heterocycles. The van der Waals surface area contributed by atoms with E-state index in [-0.39, 0.29) is 10.6 Å². The SMILES string of the molecule is COc1ccc(Br)cc1/C=N/NC(=O)CN(C)S(=O)(=O)c1cc(C)ccc1OC. The Morgan fingerprint density at radius 3 is 2.48 bits per heavy atom. The van der Waals surface area contributed by atoms with Gasteiger partial charge in [0.2, 0.25) is 10.0 Å². The van der Waals surface area contributed by atoms with Gasteiger partial charge in [-0.15, -0.1) is 0 Å². The fourth-order valence-electron chi connectivity index (χ4n) is 2.46. The molecule has 0 bridgehead atoms. The maximum Gasteiger partial charge on any atom is 0.255 e. The van der Waals surface area contributed by atoms with Crippen LogP contribution in [0.5, 0.6) is 11.5 Å². The Kier molecular flexibility index (Phi) is 7.77. The number of hydrogen-bond donors (Lipinski definition) is 1. The standard InChI is InChI=1S/C19H22BrN3O5S/c1-13-5-7-17(28-4)18(9-13)29(25,26)23(2)12-19(24)22-21-11-14-10-15(20)6-8-16(14)27-3/h5-11H,12H2,1-4H3,(H,22,24)/b21-11+. The molecular formula is C19H22BrN3O5S. The van der Waals surface area contributed by atoms with Gasteiger partial charge in [-0.05, 0) is 42.8 Å². The molecule has 8 nitrogen and oxygen atoms in total. The lowest BCUT2D eigenvalue weighted by atomic mass is 10.2. The third-order valence-electron chi connectivity index (χ3n) is 3.96. The van der Waals surface area contributed by atoms with Crippen LogP contribution in [-0.2, 0) is 14.8 Å². The summed E-state index contributed by atoms with van der Waals surface area (Å²) in [5.41, 5.74) is 3.72. The average Bonchev–Trinajstić information content (AvgIpc) is 2.68. The van der Waals surface area contributed by atoms with Gasteiger partial charge < -0.3 is 9.47 Å². The first kappa shape index (κ1) is 22.9. The molecule has 0 saturated carbocycles. The smallest absolute Gasteiger partial charge is 0.255 e. The van der Waals surface area contributed by atoms with Gasteiger partial charge in [0.25, 0.3) is 5.91 Å². The van der Waals surface area contributed by atoms with E-state index in [9.17, 15) is 13.2 Å². The second kappa shape index (κ2) is 9.86. The number of nitrogens with zero attached hydrogens (tertiary/aromatic N) is 2. The molecule has 156 valence electrons. The van der Waals surface area contributed by atoms with Crippen molar-refractivity contribution >= 4 is 38.1 Å². The lowest BCUT2D eigenvalue weighted by Gasteiger charge is -2.18. The van der Waals surface area contributed by atoms with Crippen LogP contribution in [0.4, 0.5) is 0 Å². The number of hydrazone groups is 1. The predicted octanol–water partition coefficient (Wildman–Crippen LogP) is 2.55. The molecule has 0 fully saturated rings. The summed E-state index contributed by atoms with van der Waals surface area (Å²) in [7, 11) is 0.310. The van der Waals surface area contributed by atoms with Gasteiger partial charge in [0.1, 0.15) is 16.4 Å². The summed E-state index contributed by atoms with van der Waals surface area (Å²) in [5.74, 6) is 0.202. The molecule has 1 N–H and O–H groups in total. The van der Waals surface area contributed by atoms with Crippen molar-refractivity contribution in [2.24, 2.45) is 5.10 Å². The van der Waals surface area contributed by atoms with Crippen molar-refractivity contribution in [1.29, 1.82) is 0 Å². The van der Waals surface area contributed by atoms with Gasteiger partial charge >= 0.3 is 0 Å². The van der Waals surface area contributed by atoms with Crippen LogP contribution in [0.3, 0.4) is 0 Å².